The van der Waals surface area contributed by atoms with E-state index in [1.54, 1.807) is 6.33 Å². The number of rotatable bonds is 17. The Morgan fingerprint density at radius 2 is 0.744 bits per heavy atom. The number of carbonyl (C=O) groups is 3. The molecule has 0 aliphatic rings. The van der Waals surface area contributed by atoms with Gasteiger partial charge in [0.25, 0.3) is 0 Å². The Hall–Kier alpha value is -10.8. The van der Waals surface area contributed by atoms with Crippen LogP contribution in [0.1, 0.15) is 87.9 Å². The SMILES string of the molecule is CC(=O)Nc1cccc(-c2ccc(C(=O)c3cn(C(c4ccccc4)(c4ccccc4)c4ccccc4)cn3)cc2)c1.CCC(O)(c1ccc(-c2cccc(NC(C)=O)c2)cc1)c1cn(C(c2ccccc2)(c2ccccc2)c2ccccc2)cn1. The number of anilines is 2. The van der Waals surface area contributed by atoms with Crippen molar-refractivity contribution in [3.63, 3.8) is 0 Å². The number of nitrogens with one attached hydrogen (secondary N) is 2. The first-order valence-corrected chi connectivity index (χ1v) is 28.7. The fourth-order valence-electron chi connectivity index (χ4n) is 11.7. The Balaban J connectivity index is 0.000000179. The zero-order valence-electron chi connectivity index (χ0n) is 48.0. The van der Waals surface area contributed by atoms with Gasteiger partial charge in [0.1, 0.15) is 22.4 Å². The van der Waals surface area contributed by atoms with E-state index >= 15 is 0 Å². The molecule has 1 unspecified atom stereocenters. The van der Waals surface area contributed by atoms with E-state index in [0.717, 1.165) is 72.6 Å². The van der Waals surface area contributed by atoms with Crippen LogP contribution in [0.3, 0.4) is 0 Å². The Labute approximate surface area is 501 Å². The quantitative estimate of drug-likeness (QED) is 0.0615. The number of amides is 2. The zero-order chi connectivity index (χ0) is 59.5. The highest BCUT2D eigenvalue weighted by Gasteiger charge is 2.42. The molecular weight excluding hydrogens is 1060 g/mol. The maximum Gasteiger partial charge on any atom is 0.221 e. The molecule has 0 saturated carbocycles. The third kappa shape index (κ3) is 11.5. The molecule has 0 aliphatic heterocycles. The van der Waals surface area contributed by atoms with Gasteiger partial charge < -0.3 is 24.9 Å². The molecule has 422 valence electrons. The van der Waals surface area contributed by atoms with Crippen LogP contribution in [0, 0.1) is 0 Å². The standard InChI is InChI=1S/C39H35N3O2.C37H29N3O2/c1-3-38(44,32-24-22-30(23-25-32)31-14-13-21-36(26-31)41-29(2)43)37-27-42(28-40-37)39(33-15-7-4-8-16-33,34-17-9-5-10-18-34)35-19-11-6-12-20-35;1-27(41)39-34-19-11-12-30(24-34)28-20-22-29(23-21-28)36(42)35-25-40(26-38-35)37(31-13-5-2-6-14-31,32-15-7-3-8-16-32)33-17-9-4-10-18-33/h4-28,44H,3H2,1-2H3,(H,41,43);2-26H,1H3,(H,39,41). The van der Waals surface area contributed by atoms with Crippen molar-refractivity contribution in [2.24, 2.45) is 0 Å². The molecule has 0 bridgehead atoms. The van der Waals surface area contributed by atoms with Gasteiger partial charge in [-0.05, 0) is 91.9 Å². The van der Waals surface area contributed by atoms with E-state index in [9.17, 15) is 19.5 Å². The first-order valence-electron chi connectivity index (χ1n) is 28.7. The van der Waals surface area contributed by atoms with Crippen LogP contribution in [0.15, 0.2) is 304 Å². The van der Waals surface area contributed by atoms with Crippen molar-refractivity contribution in [3.8, 4) is 22.3 Å². The van der Waals surface area contributed by atoms with Gasteiger partial charge in [-0.15, -0.1) is 0 Å². The summed E-state index contributed by atoms with van der Waals surface area (Å²) < 4.78 is 4.17. The molecule has 12 rings (SSSR count). The first kappa shape index (κ1) is 57.0. The number of ketones is 1. The Morgan fingerprint density at radius 1 is 0.395 bits per heavy atom. The van der Waals surface area contributed by atoms with Gasteiger partial charge in [0.05, 0.1) is 18.3 Å². The second kappa shape index (κ2) is 25.4. The molecule has 0 radical (unpaired) electrons. The maximum atomic E-state index is 13.7. The van der Waals surface area contributed by atoms with Crippen molar-refractivity contribution >= 4 is 29.0 Å². The average Bonchev–Trinajstić information content (AvgIpc) is 1.44. The molecule has 3 N–H and O–H groups in total. The number of aromatic nitrogens is 4. The summed E-state index contributed by atoms with van der Waals surface area (Å²) in [6.07, 6.45) is 7.87. The Morgan fingerprint density at radius 3 is 1.10 bits per heavy atom. The highest BCUT2D eigenvalue weighted by molar-refractivity contribution is 6.07. The molecule has 0 spiro atoms. The van der Waals surface area contributed by atoms with Gasteiger partial charge in [0.15, 0.2) is 0 Å². The predicted octanol–water partition coefficient (Wildman–Crippen LogP) is 15.6. The smallest absolute Gasteiger partial charge is 0.221 e. The average molecular weight is 1130 g/mol. The van der Waals surface area contributed by atoms with Crippen molar-refractivity contribution in [3.05, 3.63) is 360 Å². The molecular formula is C76H64N6O4. The minimum absolute atomic E-state index is 0.110. The number of aliphatic hydroxyl groups is 1. The first-order chi connectivity index (χ1) is 42.0. The molecule has 0 fully saturated rings. The summed E-state index contributed by atoms with van der Waals surface area (Å²) in [6.45, 7) is 4.96. The molecule has 2 heterocycles. The van der Waals surface area contributed by atoms with Crippen LogP contribution in [0.2, 0.25) is 0 Å². The van der Waals surface area contributed by atoms with E-state index in [-0.39, 0.29) is 17.6 Å². The normalized spacial score (nSPS) is 12.0. The fourth-order valence-corrected chi connectivity index (χ4v) is 11.7. The third-order valence-corrected chi connectivity index (χ3v) is 15.8. The van der Waals surface area contributed by atoms with E-state index in [0.29, 0.717) is 23.4 Å². The van der Waals surface area contributed by atoms with Crippen LogP contribution in [-0.2, 0) is 26.3 Å². The number of imidazole rings is 2. The molecule has 2 aromatic heterocycles. The minimum atomic E-state index is -1.31. The summed E-state index contributed by atoms with van der Waals surface area (Å²) in [5.41, 5.74) is 11.3. The van der Waals surface area contributed by atoms with Gasteiger partial charge >= 0.3 is 0 Å². The lowest BCUT2D eigenvalue weighted by molar-refractivity contribution is -0.115. The number of carbonyl (C=O) groups excluding carboxylic acids is 3. The lowest BCUT2D eigenvalue weighted by Crippen LogP contribution is -2.37. The molecule has 10 heteroatoms. The lowest BCUT2D eigenvalue weighted by atomic mass is 9.76. The maximum absolute atomic E-state index is 13.7. The van der Waals surface area contributed by atoms with Crippen LogP contribution in [0.5, 0.6) is 0 Å². The summed E-state index contributed by atoms with van der Waals surface area (Å²) in [7, 11) is 0. The van der Waals surface area contributed by atoms with E-state index < -0.39 is 16.7 Å². The van der Waals surface area contributed by atoms with Gasteiger partial charge in [-0.3, -0.25) is 14.4 Å². The summed E-state index contributed by atoms with van der Waals surface area (Å²) >= 11 is 0. The van der Waals surface area contributed by atoms with Crippen LogP contribution >= 0.6 is 0 Å². The number of benzene rings is 10. The van der Waals surface area contributed by atoms with Gasteiger partial charge in [0.2, 0.25) is 17.6 Å². The van der Waals surface area contributed by atoms with Crippen LogP contribution in [0.25, 0.3) is 22.3 Å². The number of hydrogen-bond donors (Lipinski definition) is 3. The van der Waals surface area contributed by atoms with E-state index in [2.05, 4.69) is 129 Å². The summed E-state index contributed by atoms with van der Waals surface area (Å²) in [5, 5.41) is 17.9. The van der Waals surface area contributed by atoms with Crippen LogP contribution in [0.4, 0.5) is 11.4 Å². The van der Waals surface area contributed by atoms with E-state index in [1.807, 2.05) is 200 Å². The zero-order valence-corrected chi connectivity index (χ0v) is 48.0. The molecule has 12 aromatic rings. The van der Waals surface area contributed by atoms with Crippen molar-refractivity contribution < 1.29 is 19.5 Å². The van der Waals surface area contributed by atoms with Crippen molar-refractivity contribution in [2.45, 2.75) is 43.9 Å². The summed E-state index contributed by atoms with van der Waals surface area (Å²) in [4.78, 5) is 46.2. The van der Waals surface area contributed by atoms with Gasteiger partial charge in [-0.1, -0.05) is 262 Å². The molecule has 1 atom stereocenters. The minimum Gasteiger partial charge on any atom is -0.379 e. The molecule has 10 aromatic carbocycles. The monoisotopic (exact) mass is 1120 g/mol. The van der Waals surface area contributed by atoms with Gasteiger partial charge in [-0.25, -0.2) is 9.97 Å². The van der Waals surface area contributed by atoms with E-state index in [1.165, 1.54) is 13.8 Å². The molecule has 0 saturated heterocycles. The molecule has 2 amide bonds. The summed E-state index contributed by atoms with van der Waals surface area (Å²) in [6, 6.07) is 93.0. The van der Waals surface area contributed by atoms with Crippen molar-refractivity contribution in [1.82, 2.24) is 19.1 Å². The predicted molar refractivity (Wildman–Crippen MR) is 343 cm³/mol. The highest BCUT2D eigenvalue weighted by Crippen LogP contribution is 2.44. The summed E-state index contributed by atoms with van der Waals surface area (Å²) in [5.74, 6) is -0.389. The topological polar surface area (TPSA) is 131 Å². The number of hydrogen-bond acceptors (Lipinski definition) is 6. The number of nitrogens with zero attached hydrogens (tertiary/aromatic N) is 4. The molecule has 10 nitrogen and oxygen atoms in total. The third-order valence-electron chi connectivity index (χ3n) is 15.8. The van der Waals surface area contributed by atoms with Crippen LogP contribution in [-0.4, -0.2) is 41.8 Å². The molecule has 0 aliphatic carbocycles. The largest absolute Gasteiger partial charge is 0.379 e. The highest BCUT2D eigenvalue weighted by atomic mass is 16.3. The fraction of sp³-hybridized carbons (Fsp3) is 0.0921. The van der Waals surface area contributed by atoms with Crippen LogP contribution < -0.4 is 10.6 Å². The van der Waals surface area contributed by atoms with Gasteiger partial charge in [-0.2, -0.15) is 0 Å². The Kier molecular flexibility index (Phi) is 16.8. The van der Waals surface area contributed by atoms with Gasteiger partial charge in [0, 0.05) is 43.2 Å². The second-order valence-corrected chi connectivity index (χ2v) is 21.2. The lowest BCUT2D eigenvalue weighted by Gasteiger charge is -2.37. The van der Waals surface area contributed by atoms with E-state index in [4.69, 9.17) is 4.98 Å². The Bertz CT molecular complexity index is 4040. The molecule has 86 heavy (non-hydrogen) atoms. The van der Waals surface area contributed by atoms with Crippen molar-refractivity contribution in [2.75, 3.05) is 10.6 Å². The van der Waals surface area contributed by atoms with Crippen molar-refractivity contribution in [1.29, 1.82) is 0 Å². The second-order valence-electron chi connectivity index (χ2n) is 21.2.